The van der Waals surface area contributed by atoms with Crippen LogP contribution in [-0.4, -0.2) is 20.0 Å². The second-order valence-electron chi connectivity index (χ2n) is 7.41. The fraction of sp³-hybridized carbons (Fsp3) is 1.00. The summed E-state index contributed by atoms with van der Waals surface area (Å²) >= 11 is 1.98. The van der Waals surface area contributed by atoms with Crippen LogP contribution in [-0.2, 0) is 4.43 Å². The van der Waals surface area contributed by atoms with E-state index in [0.29, 0.717) is 5.04 Å². The van der Waals surface area contributed by atoms with Crippen molar-refractivity contribution in [3.05, 3.63) is 0 Å². The number of unbranched alkanes of at least 4 members (excludes halogenated alkanes) is 7. The Labute approximate surface area is 133 Å². The summed E-state index contributed by atoms with van der Waals surface area (Å²) in [4.78, 5) is 0. The molecule has 0 radical (unpaired) electrons. The minimum absolute atomic E-state index is 0.339. The average Bonchev–Trinajstić information content (AvgIpc) is 2.34. The first-order valence-corrected chi connectivity index (χ1v) is 12.6. The Morgan fingerprint density at radius 3 is 1.85 bits per heavy atom. The van der Waals surface area contributed by atoms with Gasteiger partial charge in [-0.3, -0.25) is 0 Å². The van der Waals surface area contributed by atoms with Crippen LogP contribution in [0.1, 0.15) is 79.1 Å². The Morgan fingerprint density at radius 2 is 1.35 bits per heavy atom. The first kappa shape index (κ1) is 20.5. The summed E-state index contributed by atoms with van der Waals surface area (Å²) in [6, 6.07) is 0. The lowest BCUT2D eigenvalue weighted by atomic mass is 10.1. The van der Waals surface area contributed by atoms with Gasteiger partial charge in [-0.05, 0) is 30.3 Å². The lowest BCUT2D eigenvalue weighted by Gasteiger charge is -2.35. The van der Waals surface area contributed by atoms with E-state index in [1.165, 1.54) is 57.1 Å². The highest BCUT2D eigenvalue weighted by atomic mass is 32.2. The molecule has 0 saturated carbocycles. The summed E-state index contributed by atoms with van der Waals surface area (Å²) in [5, 5.41) is 0.339. The van der Waals surface area contributed by atoms with Crippen molar-refractivity contribution in [2.45, 2.75) is 97.2 Å². The van der Waals surface area contributed by atoms with E-state index in [0.717, 1.165) is 5.94 Å². The highest BCUT2D eigenvalue weighted by Gasteiger charge is 2.36. The number of thioether (sulfide) groups is 1. The lowest BCUT2D eigenvalue weighted by Crippen LogP contribution is -2.40. The fourth-order valence-corrected chi connectivity index (χ4v) is 4.27. The Morgan fingerprint density at radius 1 is 0.850 bits per heavy atom. The third-order valence-corrected chi connectivity index (χ3v) is 10.0. The van der Waals surface area contributed by atoms with Crippen molar-refractivity contribution >= 4 is 20.1 Å². The van der Waals surface area contributed by atoms with E-state index < -0.39 is 8.32 Å². The molecule has 0 unspecified atom stereocenters. The van der Waals surface area contributed by atoms with Gasteiger partial charge in [0, 0.05) is 0 Å². The molecule has 1 nitrogen and oxygen atoms in total. The summed E-state index contributed by atoms with van der Waals surface area (Å²) in [6.45, 7) is 13.9. The first-order chi connectivity index (χ1) is 9.31. The van der Waals surface area contributed by atoms with Gasteiger partial charge in [-0.25, -0.2) is 0 Å². The van der Waals surface area contributed by atoms with Crippen molar-refractivity contribution in [3.63, 3.8) is 0 Å². The Hall–Kier alpha value is 0.527. The highest BCUT2D eigenvalue weighted by Crippen LogP contribution is 2.37. The van der Waals surface area contributed by atoms with Gasteiger partial charge in [0.1, 0.15) is 0 Å². The third-order valence-electron chi connectivity index (χ3n) is 4.45. The van der Waals surface area contributed by atoms with Crippen LogP contribution < -0.4 is 0 Å². The molecule has 0 aromatic heterocycles. The van der Waals surface area contributed by atoms with E-state index in [1.54, 1.807) is 0 Å². The largest absolute Gasteiger partial charge is 0.408 e. The standard InChI is InChI=1S/C17H38OSSi/c1-7-8-9-10-11-12-13-14-15-19-16-18-20(5,6)17(2,3)4/h7-16H2,1-6H3. The summed E-state index contributed by atoms with van der Waals surface area (Å²) in [7, 11) is -1.52. The predicted molar refractivity (Wildman–Crippen MR) is 98.2 cm³/mol. The maximum Gasteiger partial charge on any atom is 0.193 e. The number of rotatable bonds is 12. The minimum Gasteiger partial charge on any atom is -0.408 e. The van der Waals surface area contributed by atoms with Crippen LogP contribution in [0.5, 0.6) is 0 Å². The molecule has 0 aromatic carbocycles. The Kier molecular flexibility index (Phi) is 11.4. The van der Waals surface area contributed by atoms with E-state index in [-0.39, 0.29) is 0 Å². The van der Waals surface area contributed by atoms with Gasteiger partial charge in [-0.2, -0.15) is 0 Å². The zero-order chi connectivity index (χ0) is 15.5. The minimum atomic E-state index is -1.52. The van der Waals surface area contributed by atoms with E-state index in [1.807, 2.05) is 11.8 Å². The molecule has 0 bridgehead atoms. The van der Waals surface area contributed by atoms with Crippen molar-refractivity contribution in [2.75, 3.05) is 11.7 Å². The summed E-state index contributed by atoms with van der Waals surface area (Å²) in [5.41, 5.74) is 0. The monoisotopic (exact) mass is 318 g/mol. The van der Waals surface area contributed by atoms with Crippen LogP contribution in [0.3, 0.4) is 0 Å². The molecular weight excluding hydrogens is 280 g/mol. The van der Waals surface area contributed by atoms with Crippen molar-refractivity contribution in [1.82, 2.24) is 0 Å². The molecule has 0 rings (SSSR count). The highest BCUT2D eigenvalue weighted by molar-refractivity contribution is 7.99. The van der Waals surface area contributed by atoms with Crippen LogP contribution in [0.15, 0.2) is 0 Å². The van der Waals surface area contributed by atoms with E-state index in [2.05, 4.69) is 40.8 Å². The molecule has 0 aliphatic heterocycles. The van der Waals surface area contributed by atoms with Gasteiger partial charge in [-0.15, -0.1) is 11.8 Å². The molecule has 0 saturated heterocycles. The predicted octanol–water partition coefficient (Wildman–Crippen LogP) is 6.84. The van der Waals surface area contributed by atoms with E-state index >= 15 is 0 Å². The quantitative estimate of drug-likeness (QED) is 0.221. The van der Waals surface area contributed by atoms with Gasteiger partial charge in [-0.1, -0.05) is 72.6 Å². The molecule has 0 aliphatic carbocycles. The van der Waals surface area contributed by atoms with Gasteiger partial charge >= 0.3 is 0 Å². The maximum atomic E-state index is 6.17. The van der Waals surface area contributed by atoms with Crippen LogP contribution in [0.4, 0.5) is 0 Å². The molecule has 0 fully saturated rings. The molecule has 0 aliphatic rings. The molecule has 0 aromatic rings. The Bertz CT molecular complexity index is 224. The Balaban J connectivity index is 3.33. The molecule has 0 amide bonds. The second kappa shape index (κ2) is 11.1. The summed E-state index contributed by atoms with van der Waals surface area (Å²) < 4.78 is 6.17. The zero-order valence-corrected chi connectivity index (χ0v) is 16.7. The fourth-order valence-electron chi connectivity index (χ4n) is 1.80. The SMILES string of the molecule is CCCCCCCCCCSCO[Si](C)(C)C(C)(C)C. The van der Waals surface area contributed by atoms with E-state index in [9.17, 15) is 0 Å². The van der Waals surface area contributed by atoms with Gasteiger partial charge in [0.25, 0.3) is 0 Å². The molecule has 0 spiro atoms. The van der Waals surface area contributed by atoms with Crippen LogP contribution in [0, 0.1) is 0 Å². The summed E-state index contributed by atoms with van der Waals surface area (Å²) in [5.74, 6) is 2.16. The molecule has 0 heterocycles. The molecule has 0 atom stereocenters. The smallest absolute Gasteiger partial charge is 0.193 e. The molecule has 3 heteroatoms. The van der Waals surface area contributed by atoms with Crippen LogP contribution >= 0.6 is 11.8 Å². The summed E-state index contributed by atoms with van der Waals surface area (Å²) in [6.07, 6.45) is 11.3. The molecule has 20 heavy (non-hydrogen) atoms. The normalized spacial score (nSPS) is 12.9. The lowest BCUT2D eigenvalue weighted by molar-refractivity contribution is 0.354. The number of hydrogen-bond donors (Lipinski definition) is 0. The zero-order valence-electron chi connectivity index (χ0n) is 14.9. The van der Waals surface area contributed by atoms with Crippen molar-refractivity contribution in [2.24, 2.45) is 0 Å². The van der Waals surface area contributed by atoms with Gasteiger partial charge in [0.15, 0.2) is 8.32 Å². The average molecular weight is 319 g/mol. The van der Waals surface area contributed by atoms with Crippen LogP contribution in [0.25, 0.3) is 0 Å². The van der Waals surface area contributed by atoms with E-state index in [4.69, 9.17) is 4.43 Å². The van der Waals surface area contributed by atoms with Gasteiger partial charge in [0.2, 0.25) is 0 Å². The topological polar surface area (TPSA) is 9.23 Å². The van der Waals surface area contributed by atoms with Crippen molar-refractivity contribution in [3.8, 4) is 0 Å². The van der Waals surface area contributed by atoms with Crippen molar-refractivity contribution in [1.29, 1.82) is 0 Å². The first-order valence-electron chi connectivity index (χ1n) is 8.53. The second-order valence-corrected chi connectivity index (χ2v) is 13.3. The molecular formula is C17H38OSSi. The van der Waals surface area contributed by atoms with Crippen LogP contribution in [0.2, 0.25) is 18.1 Å². The van der Waals surface area contributed by atoms with Gasteiger partial charge < -0.3 is 4.43 Å². The molecule has 122 valence electrons. The van der Waals surface area contributed by atoms with Gasteiger partial charge in [0.05, 0.1) is 5.94 Å². The molecule has 0 N–H and O–H groups in total. The third kappa shape index (κ3) is 10.3. The maximum absolute atomic E-state index is 6.17. The van der Waals surface area contributed by atoms with Crippen molar-refractivity contribution < 1.29 is 4.43 Å². The number of hydrogen-bond acceptors (Lipinski definition) is 2.